The Labute approximate surface area is 164 Å². The zero-order valence-electron chi connectivity index (χ0n) is 15.7. The Morgan fingerprint density at radius 2 is 2.07 bits per heavy atom. The number of nitrogens with one attached hydrogen (secondary N) is 2. The molecule has 0 unspecified atom stereocenters. The highest BCUT2D eigenvalue weighted by Crippen LogP contribution is 2.23. The number of aromatic nitrogens is 4. The van der Waals surface area contributed by atoms with Gasteiger partial charge in [-0.3, -0.25) is 4.79 Å². The number of thioether (sulfide) groups is 1. The van der Waals surface area contributed by atoms with Gasteiger partial charge in [-0.05, 0) is 32.2 Å². The molecule has 148 valence electrons. The minimum atomic E-state index is -0.899. The van der Waals surface area contributed by atoms with Crippen molar-refractivity contribution in [3.63, 3.8) is 0 Å². The van der Waals surface area contributed by atoms with Crippen molar-refractivity contribution in [3.8, 4) is 0 Å². The molecule has 7 nitrogen and oxygen atoms in total. The molecule has 2 N–H and O–H groups in total. The monoisotopic (exact) mass is 406 g/mol. The quantitative estimate of drug-likeness (QED) is 0.463. The van der Waals surface area contributed by atoms with Crippen LogP contribution in [0.25, 0.3) is 11.0 Å². The van der Waals surface area contributed by atoms with E-state index in [9.17, 15) is 13.6 Å². The molecule has 3 aromatic rings. The molecule has 2 heterocycles. The van der Waals surface area contributed by atoms with E-state index in [4.69, 9.17) is 0 Å². The fourth-order valence-electron chi connectivity index (χ4n) is 2.62. The average molecular weight is 406 g/mol. The molecular weight excluding hydrogens is 386 g/mol. The molecule has 0 saturated carbocycles. The highest BCUT2D eigenvalue weighted by atomic mass is 32.2. The molecule has 0 bridgehead atoms. The van der Waals surface area contributed by atoms with Gasteiger partial charge < -0.3 is 10.6 Å². The van der Waals surface area contributed by atoms with Crippen LogP contribution < -0.4 is 10.6 Å². The molecule has 2 aromatic heterocycles. The van der Waals surface area contributed by atoms with Crippen LogP contribution in [-0.2, 0) is 6.54 Å². The average Bonchev–Trinajstić information content (AvgIpc) is 3.04. The number of nitrogens with zero attached hydrogens (tertiary/aromatic N) is 4. The highest BCUT2D eigenvalue weighted by molar-refractivity contribution is 7.98. The van der Waals surface area contributed by atoms with E-state index in [0.717, 1.165) is 17.5 Å². The van der Waals surface area contributed by atoms with E-state index in [1.807, 2.05) is 20.1 Å². The standard InChI is InChI=1S/C18H20F2N6OS/c1-10(2)23-15-13-9-22-26(16(13)25-18(24-15)28-3)7-6-21-17(27)12-5-4-11(19)8-14(12)20/h4-5,8-10H,6-7H2,1-3H3,(H,21,27)(H,23,24,25). The van der Waals surface area contributed by atoms with Crippen molar-refractivity contribution in [1.82, 2.24) is 25.1 Å². The number of rotatable bonds is 7. The minimum absolute atomic E-state index is 0.195. The van der Waals surface area contributed by atoms with Gasteiger partial charge in [0.05, 0.1) is 23.7 Å². The fraction of sp³-hybridized carbons (Fsp3) is 0.333. The van der Waals surface area contributed by atoms with E-state index in [2.05, 4.69) is 25.7 Å². The van der Waals surface area contributed by atoms with E-state index < -0.39 is 17.5 Å². The van der Waals surface area contributed by atoms with E-state index in [1.54, 1.807) is 10.9 Å². The van der Waals surface area contributed by atoms with Crippen molar-refractivity contribution in [2.24, 2.45) is 0 Å². The lowest BCUT2D eigenvalue weighted by molar-refractivity contribution is 0.0948. The molecule has 0 spiro atoms. The zero-order valence-corrected chi connectivity index (χ0v) is 16.5. The third-order valence-electron chi connectivity index (χ3n) is 3.87. The Balaban J connectivity index is 1.74. The van der Waals surface area contributed by atoms with Gasteiger partial charge in [0, 0.05) is 18.7 Å². The van der Waals surface area contributed by atoms with Crippen molar-refractivity contribution in [2.45, 2.75) is 31.6 Å². The van der Waals surface area contributed by atoms with E-state index >= 15 is 0 Å². The maximum atomic E-state index is 13.7. The lowest BCUT2D eigenvalue weighted by Gasteiger charge is -2.11. The molecule has 0 aliphatic rings. The van der Waals surface area contributed by atoms with E-state index in [0.29, 0.717) is 29.2 Å². The number of fused-ring (bicyclic) bond motifs is 1. The fourth-order valence-corrected chi connectivity index (χ4v) is 2.98. The predicted molar refractivity (Wildman–Crippen MR) is 105 cm³/mol. The van der Waals surface area contributed by atoms with Gasteiger partial charge in [0.25, 0.3) is 5.91 Å². The summed E-state index contributed by atoms with van der Waals surface area (Å²) in [5.74, 6) is -1.54. The van der Waals surface area contributed by atoms with Gasteiger partial charge in [-0.2, -0.15) is 5.10 Å². The summed E-state index contributed by atoms with van der Waals surface area (Å²) in [5.41, 5.74) is 0.437. The van der Waals surface area contributed by atoms with Crippen molar-refractivity contribution in [3.05, 3.63) is 41.6 Å². The molecule has 0 aliphatic carbocycles. The van der Waals surface area contributed by atoms with Crippen molar-refractivity contribution < 1.29 is 13.6 Å². The zero-order chi connectivity index (χ0) is 20.3. The van der Waals surface area contributed by atoms with Crippen LogP contribution in [0.5, 0.6) is 0 Å². The summed E-state index contributed by atoms with van der Waals surface area (Å²) >= 11 is 1.42. The van der Waals surface area contributed by atoms with Gasteiger partial charge in [0.2, 0.25) is 0 Å². The van der Waals surface area contributed by atoms with Crippen LogP contribution in [0.2, 0.25) is 0 Å². The summed E-state index contributed by atoms with van der Waals surface area (Å²) in [6.07, 6.45) is 3.56. The summed E-state index contributed by atoms with van der Waals surface area (Å²) in [4.78, 5) is 21.1. The molecule has 0 radical (unpaired) electrons. The van der Waals surface area contributed by atoms with Crippen LogP contribution in [0, 0.1) is 11.6 Å². The van der Waals surface area contributed by atoms with E-state index in [1.165, 1.54) is 11.8 Å². The first kappa shape index (κ1) is 20.0. The number of hydrogen-bond acceptors (Lipinski definition) is 6. The Morgan fingerprint density at radius 1 is 1.29 bits per heavy atom. The van der Waals surface area contributed by atoms with Crippen molar-refractivity contribution in [2.75, 3.05) is 18.1 Å². The summed E-state index contributed by atoms with van der Waals surface area (Å²) in [5, 5.41) is 11.6. The molecule has 28 heavy (non-hydrogen) atoms. The van der Waals surface area contributed by atoms with Gasteiger partial charge in [-0.15, -0.1) is 0 Å². The lowest BCUT2D eigenvalue weighted by atomic mass is 10.2. The lowest BCUT2D eigenvalue weighted by Crippen LogP contribution is -2.28. The maximum Gasteiger partial charge on any atom is 0.254 e. The van der Waals surface area contributed by atoms with Gasteiger partial charge >= 0.3 is 0 Å². The molecule has 0 saturated heterocycles. The topological polar surface area (TPSA) is 84.7 Å². The van der Waals surface area contributed by atoms with Crippen LogP contribution in [0.3, 0.4) is 0 Å². The normalized spacial score (nSPS) is 11.2. The minimum Gasteiger partial charge on any atom is -0.367 e. The number of amides is 1. The molecule has 3 rings (SSSR count). The number of carbonyl (C=O) groups excluding carboxylic acids is 1. The second-order valence-electron chi connectivity index (χ2n) is 6.34. The Kier molecular flexibility index (Phi) is 6.08. The number of anilines is 1. The first-order valence-electron chi connectivity index (χ1n) is 8.66. The molecule has 1 aromatic carbocycles. The molecule has 1 amide bonds. The molecule has 0 fully saturated rings. The predicted octanol–water partition coefficient (Wildman–Crippen LogP) is 3.08. The largest absolute Gasteiger partial charge is 0.367 e. The first-order valence-corrected chi connectivity index (χ1v) is 9.89. The van der Waals surface area contributed by atoms with Crippen LogP contribution in [0.15, 0.2) is 29.6 Å². The summed E-state index contributed by atoms with van der Waals surface area (Å²) in [6.45, 7) is 4.57. The Morgan fingerprint density at radius 3 is 2.75 bits per heavy atom. The SMILES string of the molecule is CSc1nc(NC(C)C)c2cnn(CCNC(=O)c3ccc(F)cc3F)c2n1. The van der Waals surface area contributed by atoms with Gasteiger partial charge in [0.1, 0.15) is 17.5 Å². The Hall–Kier alpha value is -2.75. The summed E-state index contributed by atoms with van der Waals surface area (Å²) < 4.78 is 28.3. The second-order valence-corrected chi connectivity index (χ2v) is 7.12. The highest BCUT2D eigenvalue weighted by Gasteiger charge is 2.15. The van der Waals surface area contributed by atoms with Gasteiger partial charge in [0.15, 0.2) is 10.8 Å². The van der Waals surface area contributed by atoms with Gasteiger partial charge in [-0.25, -0.2) is 23.4 Å². The Bertz CT molecular complexity index is 1010. The van der Waals surface area contributed by atoms with Crippen molar-refractivity contribution in [1.29, 1.82) is 0 Å². The van der Waals surface area contributed by atoms with E-state index in [-0.39, 0.29) is 18.2 Å². The number of halogens is 2. The second kappa shape index (κ2) is 8.51. The summed E-state index contributed by atoms with van der Waals surface area (Å²) in [6, 6.07) is 3.04. The molecular formula is C18H20F2N6OS. The van der Waals surface area contributed by atoms with Crippen molar-refractivity contribution >= 4 is 34.5 Å². The third kappa shape index (κ3) is 4.38. The molecule has 0 atom stereocenters. The number of benzene rings is 1. The van der Waals surface area contributed by atoms with Crippen LogP contribution >= 0.6 is 11.8 Å². The molecule has 0 aliphatic heterocycles. The van der Waals surface area contributed by atoms with Crippen LogP contribution in [0.4, 0.5) is 14.6 Å². The summed E-state index contributed by atoms with van der Waals surface area (Å²) in [7, 11) is 0. The molecule has 10 heteroatoms. The van der Waals surface area contributed by atoms with Crippen LogP contribution in [0.1, 0.15) is 24.2 Å². The third-order valence-corrected chi connectivity index (χ3v) is 4.42. The smallest absolute Gasteiger partial charge is 0.254 e. The van der Waals surface area contributed by atoms with Crippen LogP contribution in [-0.4, -0.2) is 44.5 Å². The van der Waals surface area contributed by atoms with Gasteiger partial charge in [-0.1, -0.05) is 11.8 Å². The maximum absolute atomic E-state index is 13.7. The number of hydrogen-bond donors (Lipinski definition) is 2. The first-order chi connectivity index (χ1) is 13.4. The number of carbonyl (C=O) groups is 1.